The number of hydrogen-bond acceptors (Lipinski definition) is 2. The summed E-state index contributed by atoms with van der Waals surface area (Å²) in [6, 6.07) is 4.89. The Hall–Kier alpha value is -0.940. The van der Waals surface area contributed by atoms with Crippen molar-refractivity contribution in [3.63, 3.8) is 0 Å². The van der Waals surface area contributed by atoms with Crippen LogP contribution in [0.25, 0.3) is 0 Å². The van der Waals surface area contributed by atoms with Gasteiger partial charge in [-0.15, -0.1) is 0 Å². The predicted molar refractivity (Wildman–Crippen MR) is 56.2 cm³/mol. The Bertz CT molecular complexity index is 334. The maximum Gasteiger partial charge on any atom is 0.391 e. The first-order valence-electron chi connectivity index (χ1n) is 4.57. The highest BCUT2D eigenvalue weighted by Gasteiger charge is 2.26. The number of ether oxygens (including phenoxy) is 1. The zero-order valence-corrected chi connectivity index (χ0v) is 9.11. The topological polar surface area (TPSA) is 35.2 Å². The van der Waals surface area contributed by atoms with E-state index >= 15 is 0 Å². The number of nitrogen functional groups attached to an aromatic ring is 1. The quantitative estimate of drug-likeness (QED) is 0.659. The number of alkyl halides is 3. The molecule has 0 bridgehead atoms. The van der Waals surface area contributed by atoms with Crippen molar-refractivity contribution >= 4 is 17.3 Å². The molecule has 0 aromatic heterocycles. The molecule has 1 aromatic rings. The van der Waals surface area contributed by atoms with Crippen molar-refractivity contribution < 1.29 is 17.9 Å². The Morgan fingerprint density at radius 1 is 1.31 bits per heavy atom. The zero-order chi connectivity index (χ0) is 12.2. The Balaban J connectivity index is 2.43. The molecular weight excluding hydrogens is 243 g/mol. The third-order valence-electron chi connectivity index (χ3n) is 1.93. The lowest BCUT2D eigenvalue weighted by atomic mass is 10.2. The average Bonchev–Trinajstić information content (AvgIpc) is 2.14. The van der Waals surface area contributed by atoms with Crippen molar-refractivity contribution in [1.82, 2.24) is 0 Å². The van der Waals surface area contributed by atoms with Crippen LogP contribution in [-0.2, 0) is 11.3 Å². The zero-order valence-electron chi connectivity index (χ0n) is 8.35. The van der Waals surface area contributed by atoms with E-state index in [4.69, 9.17) is 22.1 Å². The summed E-state index contributed by atoms with van der Waals surface area (Å²) < 4.78 is 40.3. The molecular formula is C10H11ClF3NO. The minimum absolute atomic E-state index is 0.0123. The van der Waals surface area contributed by atoms with E-state index in [9.17, 15) is 13.2 Å². The fourth-order valence-electron chi connectivity index (χ4n) is 1.09. The fraction of sp³-hybridized carbons (Fsp3) is 0.400. The molecule has 0 saturated heterocycles. The van der Waals surface area contributed by atoms with E-state index in [0.29, 0.717) is 16.3 Å². The van der Waals surface area contributed by atoms with Crippen molar-refractivity contribution in [2.75, 3.05) is 12.3 Å². The summed E-state index contributed by atoms with van der Waals surface area (Å²) in [6.45, 7) is -0.407. The van der Waals surface area contributed by atoms with Crippen LogP contribution >= 0.6 is 11.6 Å². The summed E-state index contributed by atoms with van der Waals surface area (Å²) >= 11 is 5.82. The van der Waals surface area contributed by atoms with Crippen LogP contribution in [0.5, 0.6) is 0 Å². The van der Waals surface area contributed by atoms with Gasteiger partial charge in [0.1, 0.15) is 0 Å². The van der Waals surface area contributed by atoms with Gasteiger partial charge in [-0.2, -0.15) is 13.2 Å². The number of nitrogens with two attached hydrogens (primary N) is 1. The summed E-state index contributed by atoms with van der Waals surface area (Å²) in [5, 5.41) is 0.395. The van der Waals surface area contributed by atoms with E-state index in [1.54, 1.807) is 18.2 Å². The van der Waals surface area contributed by atoms with Crippen LogP contribution in [0.1, 0.15) is 12.0 Å². The van der Waals surface area contributed by atoms with Gasteiger partial charge in [0.2, 0.25) is 0 Å². The second-order valence-corrected chi connectivity index (χ2v) is 3.63. The molecule has 0 fully saturated rings. The predicted octanol–water partition coefficient (Wildman–Crippen LogP) is 3.39. The molecule has 0 aliphatic rings. The van der Waals surface area contributed by atoms with Crippen molar-refractivity contribution in [3.8, 4) is 0 Å². The Morgan fingerprint density at radius 2 is 2.00 bits per heavy atom. The molecule has 0 aliphatic carbocycles. The largest absolute Gasteiger partial charge is 0.398 e. The smallest absolute Gasteiger partial charge is 0.391 e. The highest BCUT2D eigenvalue weighted by molar-refractivity contribution is 6.31. The summed E-state index contributed by atoms with van der Waals surface area (Å²) in [5.74, 6) is 0. The van der Waals surface area contributed by atoms with Crippen molar-refractivity contribution in [2.45, 2.75) is 19.2 Å². The molecule has 2 nitrogen and oxygen atoms in total. The maximum absolute atomic E-state index is 11.8. The fourth-order valence-corrected chi connectivity index (χ4v) is 1.33. The maximum atomic E-state index is 11.8. The van der Waals surface area contributed by atoms with Gasteiger partial charge in [0, 0.05) is 16.3 Å². The van der Waals surface area contributed by atoms with E-state index in [-0.39, 0.29) is 6.61 Å². The monoisotopic (exact) mass is 253 g/mol. The SMILES string of the molecule is Nc1cccc(Cl)c1COCCC(F)(F)F. The highest BCUT2D eigenvalue weighted by atomic mass is 35.5. The van der Waals surface area contributed by atoms with Crippen molar-refractivity contribution in [1.29, 1.82) is 0 Å². The minimum atomic E-state index is -4.20. The van der Waals surface area contributed by atoms with Gasteiger partial charge < -0.3 is 10.5 Å². The summed E-state index contributed by atoms with van der Waals surface area (Å²) in [4.78, 5) is 0. The third kappa shape index (κ3) is 4.28. The van der Waals surface area contributed by atoms with Crippen molar-refractivity contribution in [3.05, 3.63) is 28.8 Å². The number of halogens is 4. The molecule has 90 valence electrons. The van der Waals surface area contributed by atoms with Gasteiger partial charge in [-0.3, -0.25) is 0 Å². The van der Waals surface area contributed by atoms with Crippen LogP contribution in [0.2, 0.25) is 5.02 Å². The molecule has 0 aliphatic heterocycles. The molecule has 0 spiro atoms. The van der Waals surface area contributed by atoms with Gasteiger partial charge in [-0.05, 0) is 12.1 Å². The molecule has 1 rings (SSSR count). The normalized spacial score (nSPS) is 11.8. The van der Waals surface area contributed by atoms with E-state index < -0.39 is 19.2 Å². The van der Waals surface area contributed by atoms with Gasteiger partial charge >= 0.3 is 6.18 Å². The Morgan fingerprint density at radius 3 is 2.56 bits per heavy atom. The lowest BCUT2D eigenvalue weighted by Gasteiger charge is -2.10. The van der Waals surface area contributed by atoms with Crippen LogP contribution in [0, 0.1) is 0 Å². The number of benzene rings is 1. The van der Waals surface area contributed by atoms with Crippen LogP contribution in [0.15, 0.2) is 18.2 Å². The molecule has 0 atom stereocenters. The van der Waals surface area contributed by atoms with Crippen LogP contribution in [0.4, 0.5) is 18.9 Å². The van der Waals surface area contributed by atoms with Crippen LogP contribution in [-0.4, -0.2) is 12.8 Å². The molecule has 16 heavy (non-hydrogen) atoms. The molecule has 6 heteroatoms. The second kappa shape index (κ2) is 5.41. The first-order chi connectivity index (χ1) is 7.40. The highest BCUT2D eigenvalue weighted by Crippen LogP contribution is 2.24. The van der Waals surface area contributed by atoms with E-state index in [2.05, 4.69) is 0 Å². The first-order valence-corrected chi connectivity index (χ1v) is 4.95. The molecule has 0 radical (unpaired) electrons. The van der Waals surface area contributed by atoms with E-state index in [1.165, 1.54) is 0 Å². The van der Waals surface area contributed by atoms with Gasteiger partial charge in [-0.1, -0.05) is 17.7 Å². The van der Waals surface area contributed by atoms with Crippen molar-refractivity contribution in [2.24, 2.45) is 0 Å². The van der Waals surface area contributed by atoms with Gasteiger partial charge in [0.05, 0.1) is 19.6 Å². The first kappa shape index (κ1) is 13.1. The molecule has 2 N–H and O–H groups in total. The van der Waals surface area contributed by atoms with E-state index in [0.717, 1.165) is 0 Å². The Kier molecular flexibility index (Phi) is 4.44. The molecule has 1 aromatic carbocycles. The number of rotatable bonds is 4. The molecule has 0 unspecified atom stereocenters. The lowest BCUT2D eigenvalue weighted by molar-refractivity contribution is -0.146. The lowest BCUT2D eigenvalue weighted by Crippen LogP contribution is -2.11. The second-order valence-electron chi connectivity index (χ2n) is 3.23. The third-order valence-corrected chi connectivity index (χ3v) is 2.29. The summed E-state index contributed by atoms with van der Waals surface area (Å²) in [5.41, 5.74) is 6.54. The number of anilines is 1. The summed E-state index contributed by atoms with van der Waals surface area (Å²) in [7, 11) is 0. The van der Waals surface area contributed by atoms with Crippen LogP contribution in [0.3, 0.4) is 0 Å². The summed E-state index contributed by atoms with van der Waals surface area (Å²) in [6.07, 6.45) is -5.18. The average molecular weight is 254 g/mol. The molecule has 0 heterocycles. The molecule has 0 amide bonds. The minimum Gasteiger partial charge on any atom is -0.398 e. The number of hydrogen-bond donors (Lipinski definition) is 1. The van der Waals surface area contributed by atoms with Gasteiger partial charge in [0.25, 0.3) is 0 Å². The van der Waals surface area contributed by atoms with Gasteiger partial charge in [-0.25, -0.2) is 0 Å². The molecule has 0 saturated carbocycles. The van der Waals surface area contributed by atoms with Gasteiger partial charge in [0.15, 0.2) is 0 Å². The van der Waals surface area contributed by atoms with Crippen LogP contribution < -0.4 is 5.73 Å². The van der Waals surface area contributed by atoms with E-state index in [1.807, 2.05) is 0 Å². The Labute approximate surface area is 96.1 Å². The standard InChI is InChI=1S/C10H11ClF3NO/c11-8-2-1-3-9(15)7(8)6-16-5-4-10(12,13)14/h1-3H,4-6,15H2.